The molecule has 80 valence electrons. The lowest BCUT2D eigenvalue weighted by molar-refractivity contribution is 0.270. The van der Waals surface area contributed by atoms with Gasteiger partial charge < -0.3 is 5.11 Å². The largest absolute Gasteiger partial charge is 0.396 e. The third kappa shape index (κ3) is 4.56. The zero-order chi connectivity index (χ0) is 10.3. The van der Waals surface area contributed by atoms with Gasteiger partial charge in [0.2, 0.25) is 0 Å². The molecule has 0 heterocycles. The molecule has 0 aromatic rings. The topological polar surface area (TPSA) is 69.6 Å². The maximum absolute atomic E-state index is 11.4. The minimum atomic E-state index is -3.32. The van der Waals surface area contributed by atoms with E-state index in [2.05, 4.69) is 4.72 Å². The monoisotopic (exact) mass is 210 g/mol. The maximum Gasteiger partial charge on any atom is 0.279 e. The molecule has 0 unspecified atom stereocenters. The van der Waals surface area contributed by atoms with Gasteiger partial charge in [0.1, 0.15) is 0 Å². The van der Waals surface area contributed by atoms with Gasteiger partial charge in [-0.25, -0.2) is 4.72 Å². The van der Waals surface area contributed by atoms with E-state index in [9.17, 15) is 8.42 Å². The average molecular weight is 210 g/mol. The number of hydrogen-bond acceptors (Lipinski definition) is 3. The van der Waals surface area contributed by atoms with E-state index >= 15 is 0 Å². The summed E-state index contributed by atoms with van der Waals surface area (Å²) in [6.45, 7) is 4.69. The molecule has 0 aliphatic heterocycles. The van der Waals surface area contributed by atoms with Gasteiger partial charge in [0.25, 0.3) is 10.2 Å². The van der Waals surface area contributed by atoms with Crippen LogP contribution in [0.15, 0.2) is 0 Å². The third-order valence-corrected chi connectivity index (χ3v) is 3.36. The molecule has 13 heavy (non-hydrogen) atoms. The van der Waals surface area contributed by atoms with E-state index in [4.69, 9.17) is 5.11 Å². The van der Waals surface area contributed by atoms with E-state index in [-0.39, 0.29) is 6.61 Å². The van der Waals surface area contributed by atoms with Crippen molar-refractivity contribution in [1.82, 2.24) is 9.03 Å². The quantitative estimate of drug-likeness (QED) is 0.597. The molecule has 0 saturated carbocycles. The Labute approximate surface area is 79.9 Å². The second kappa shape index (κ2) is 6.31. The van der Waals surface area contributed by atoms with E-state index in [1.54, 1.807) is 13.8 Å². The van der Waals surface area contributed by atoms with E-state index < -0.39 is 10.2 Å². The predicted octanol–water partition coefficient (Wildman–Crippen LogP) is -0.455. The fraction of sp³-hybridized carbons (Fsp3) is 1.00. The molecule has 5 nitrogen and oxygen atoms in total. The lowest BCUT2D eigenvalue weighted by atomic mass is 10.4. The summed E-state index contributed by atoms with van der Waals surface area (Å²) in [7, 11) is -3.32. The molecule has 0 aliphatic carbocycles. The van der Waals surface area contributed by atoms with Gasteiger partial charge >= 0.3 is 0 Å². The first-order chi connectivity index (χ1) is 6.08. The van der Waals surface area contributed by atoms with Crippen LogP contribution in [0.25, 0.3) is 0 Å². The summed E-state index contributed by atoms with van der Waals surface area (Å²) in [5.41, 5.74) is 0. The van der Waals surface area contributed by atoms with Crippen molar-refractivity contribution in [2.24, 2.45) is 0 Å². The van der Waals surface area contributed by atoms with E-state index in [0.29, 0.717) is 26.1 Å². The molecule has 0 bridgehead atoms. The van der Waals surface area contributed by atoms with E-state index in [0.717, 1.165) is 0 Å². The Hall–Kier alpha value is -0.170. The summed E-state index contributed by atoms with van der Waals surface area (Å²) in [6, 6.07) is 0. The molecule has 0 aliphatic rings. The Morgan fingerprint density at radius 1 is 1.38 bits per heavy atom. The van der Waals surface area contributed by atoms with Crippen molar-refractivity contribution >= 4 is 10.2 Å². The van der Waals surface area contributed by atoms with Crippen molar-refractivity contribution in [1.29, 1.82) is 0 Å². The van der Waals surface area contributed by atoms with Crippen LogP contribution in [0.2, 0.25) is 0 Å². The van der Waals surface area contributed by atoms with Gasteiger partial charge in [-0.1, -0.05) is 13.8 Å². The van der Waals surface area contributed by atoms with Crippen LogP contribution in [0.4, 0.5) is 0 Å². The molecule has 0 fully saturated rings. The highest BCUT2D eigenvalue weighted by Gasteiger charge is 2.17. The van der Waals surface area contributed by atoms with Gasteiger partial charge in [0.05, 0.1) is 0 Å². The maximum atomic E-state index is 11.4. The van der Waals surface area contributed by atoms with Gasteiger partial charge in [-0.15, -0.1) is 0 Å². The second-order valence-corrected chi connectivity index (χ2v) is 4.33. The second-order valence-electron chi connectivity index (χ2n) is 2.57. The molecule has 6 heteroatoms. The lowest BCUT2D eigenvalue weighted by Gasteiger charge is -2.19. The van der Waals surface area contributed by atoms with E-state index in [1.807, 2.05) is 0 Å². The SMILES string of the molecule is CCNS(=O)(=O)N(CC)CCCO. The fourth-order valence-electron chi connectivity index (χ4n) is 0.969. The first kappa shape index (κ1) is 12.8. The number of aliphatic hydroxyl groups excluding tert-OH is 1. The standard InChI is InChI=1S/C7H18N2O3S/c1-3-8-13(11,12)9(4-2)6-5-7-10/h8,10H,3-7H2,1-2H3. The molecule has 0 rings (SSSR count). The Morgan fingerprint density at radius 2 is 2.00 bits per heavy atom. The highest BCUT2D eigenvalue weighted by Crippen LogP contribution is 1.98. The smallest absolute Gasteiger partial charge is 0.279 e. The lowest BCUT2D eigenvalue weighted by Crippen LogP contribution is -2.41. The van der Waals surface area contributed by atoms with Crippen LogP contribution >= 0.6 is 0 Å². The highest BCUT2D eigenvalue weighted by atomic mass is 32.2. The molecule has 0 saturated heterocycles. The van der Waals surface area contributed by atoms with Crippen LogP contribution in [0.5, 0.6) is 0 Å². The first-order valence-corrected chi connectivity index (χ1v) is 5.88. The van der Waals surface area contributed by atoms with Crippen LogP contribution in [0.1, 0.15) is 20.3 Å². The summed E-state index contributed by atoms with van der Waals surface area (Å²) in [6.07, 6.45) is 0.471. The molecule has 2 N–H and O–H groups in total. The third-order valence-electron chi connectivity index (χ3n) is 1.58. The summed E-state index contributed by atoms with van der Waals surface area (Å²) < 4.78 is 26.5. The van der Waals surface area contributed by atoms with Crippen LogP contribution in [0, 0.1) is 0 Å². The number of hydrogen-bond donors (Lipinski definition) is 2. The number of rotatable bonds is 7. The summed E-state index contributed by atoms with van der Waals surface area (Å²) in [5.74, 6) is 0. The van der Waals surface area contributed by atoms with Crippen LogP contribution in [-0.2, 0) is 10.2 Å². The van der Waals surface area contributed by atoms with Crippen molar-refractivity contribution < 1.29 is 13.5 Å². The number of nitrogens with one attached hydrogen (secondary N) is 1. The Bertz CT molecular complexity index is 216. The Balaban J connectivity index is 4.20. The van der Waals surface area contributed by atoms with E-state index in [1.165, 1.54) is 4.31 Å². The summed E-state index contributed by atoms with van der Waals surface area (Å²) in [4.78, 5) is 0. The van der Waals surface area contributed by atoms with Crippen molar-refractivity contribution in [2.45, 2.75) is 20.3 Å². The average Bonchev–Trinajstić information content (AvgIpc) is 2.05. The normalized spacial score (nSPS) is 12.3. The molecular formula is C7H18N2O3S. The molecule has 0 aromatic carbocycles. The molecule has 0 atom stereocenters. The molecular weight excluding hydrogens is 192 g/mol. The molecule has 0 aromatic heterocycles. The van der Waals surface area contributed by atoms with Gasteiger partial charge in [-0.3, -0.25) is 0 Å². The first-order valence-electron chi connectivity index (χ1n) is 4.44. The highest BCUT2D eigenvalue weighted by molar-refractivity contribution is 7.87. The zero-order valence-corrected chi connectivity index (χ0v) is 8.97. The number of nitrogens with zero attached hydrogens (tertiary/aromatic N) is 1. The summed E-state index contributed by atoms with van der Waals surface area (Å²) in [5, 5.41) is 8.56. The molecule has 0 radical (unpaired) electrons. The van der Waals surface area contributed by atoms with Crippen molar-refractivity contribution in [2.75, 3.05) is 26.2 Å². The van der Waals surface area contributed by atoms with Gasteiger partial charge in [0, 0.05) is 26.2 Å². The fourth-order valence-corrected chi connectivity index (χ4v) is 2.23. The van der Waals surface area contributed by atoms with Crippen molar-refractivity contribution in [3.63, 3.8) is 0 Å². The van der Waals surface area contributed by atoms with Gasteiger partial charge in [0.15, 0.2) is 0 Å². The van der Waals surface area contributed by atoms with Gasteiger partial charge in [-0.2, -0.15) is 12.7 Å². The Morgan fingerprint density at radius 3 is 2.38 bits per heavy atom. The van der Waals surface area contributed by atoms with Crippen LogP contribution < -0.4 is 4.72 Å². The predicted molar refractivity (Wildman–Crippen MR) is 51.5 cm³/mol. The minimum absolute atomic E-state index is 0.0120. The minimum Gasteiger partial charge on any atom is -0.396 e. The van der Waals surface area contributed by atoms with Crippen molar-refractivity contribution in [3.05, 3.63) is 0 Å². The van der Waals surface area contributed by atoms with Crippen molar-refractivity contribution in [3.8, 4) is 0 Å². The summed E-state index contributed by atoms with van der Waals surface area (Å²) >= 11 is 0. The Kier molecular flexibility index (Phi) is 6.23. The number of aliphatic hydroxyl groups is 1. The van der Waals surface area contributed by atoms with Crippen LogP contribution in [0.3, 0.4) is 0 Å². The molecule has 0 amide bonds. The zero-order valence-electron chi connectivity index (χ0n) is 8.15. The van der Waals surface area contributed by atoms with Crippen LogP contribution in [-0.4, -0.2) is 44.1 Å². The van der Waals surface area contributed by atoms with Gasteiger partial charge in [-0.05, 0) is 6.42 Å². The molecule has 0 spiro atoms.